The number of H-pyrrole nitrogens is 1. The van der Waals surface area contributed by atoms with Gasteiger partial charge in [-0.15, -0.1) is 0 Å². The molecule has 2 aromatic heterocycles. The number of nitrogens with one attached hydrogen (secondary N) is 2. The number of carbonyl (C=O) groups excluding carboxylic acids is 1. The number of rotatable bonds is 2. The summed E-state index contributed by atoms with van der Waals surface area (Å²) in [6, 6.07) is 9.22. The summed E-state index contributed by atoms with van der Waals surface area (Å²) < 4.78 is 1.37. The molecule has 1 unspecified atom stereocenters. The normalized spacial score (nSPS) is 16.8. The van der Waals surface area contributed by atoms with Gasteiger partial charge < -0.3 is 10.3 Å². The Balaban J connectivity index is 1.56. The van der Waals surface area contributed by atoms with E-state index in [1.165, 1.54) is 4.68 Å². The second-order valence-electron chi connectivity index (χ2n) is 6.24. The van der Waals surface area contributed by atoms with Crippen LogP contribution in [0.1, 0.15) is 28.0 Å². The topological polar surface area (TPSA) is 79.8 Å². The third-order valence-electron chi connectivity index (χ3n) is 4.63. The summed E-state index contributed by atoms with van der Waals surface area (Å²) in [5.74, 6) is -0.0783. The number of amides is 1. The highest BCUT2D eigenvalue weighted by Crippen LogP contribution is 2.20. The van der Waals surface area contributed by atoms with E-state index in [-0.39, 0.29) is 17.5 Å². The maximum atomic E-state index is 12.7. The van der Waals surface area contributed by atoms with Crippen molar-refractivity contribution >= 4 is 16.8 Å². The predicted molar refractivity (Wildman–Crippen MR) is 91.1 cm³/mol. The molecule has 0 bridgehead atoms. The quantitative estimate of drug-likeness (QED) is 0.751. The van der Waals surface area contributed by atoms with Crippen molar-refractivity contribution in [2.75, 3.05) is 0 Å². The van der Waals surface area contributed by atoms with Gasteiger partial charge in [-0.25, -0.2) is 4.68 Å². The molecule has 0 saturated carbocycles. The third kappa shape index (κ3) is 2.50. The van der Waals surface area contributed by atoms with Crippen LogP contribution in [0, 0.1) is 0 Å². The van der Waals surface area contributed by atoms with Gasteiger partial charge in [-0.05, 0) is 43.0 Å². The average Bonchev–Trinajstić information content (AvgIpc) is 3.04. The van der Waals surface area contributed by atoms with Crippen LogP contribution in [0.4, 0.5) is 0 Å². The minimum absolute atomic E-state index is 0.0214. The number of aromatic amines is 1. The van der Waals surface area contributed by atoms with Crippen LogP contribution >= 0.6 is 0 Å². The van der Waals surface area contributed by atoms with Gasteiger partial charge in [0.05, 0.1) is 5.69 Å². The lowest BCUT2D eigenvalue weighted by Gasteiger charge is -2.25. The van der Waals surface area contributed by atoms with Crippen LogP contribution in [0.15, 0.2) is 41.3 Å². The van der Waals surface area contributed by atoms with Gasteiger partial charge in [-0.2, -0.15) is 5.10 Å². The lowest BCUT2D eigenvalue weighted by Crippen LogP contribution is -2.40. The fraction of sp³-hybridized carbons (Fsp3) is 0.278. The number of hydrogen-bond acceptors (Lipinski definition) is 3. The van der Waals surface area contributed by atoms with E-state index in [1.807, 2.05) is 30.5 Å². The van der Waals surface area contributed by atoms with E-state index in [9.17, 15) is 9.59 Å². The summed E-state index contributed by atoms with van der Waals surface area (Å²) in [4.78, 5) is 27.5. The van der Waals surface area contributed by atoms with Gasteiger partial charge in [0.1, 0.15) is 0 Å². The molecule has 0 saturated heterocycles. The third-order valence-corrected chi connectivity index (χ3v) is 4.63. The summed E-state index contributed by atoms with van der Waals surface area (Å²) in [6.07, 6.45) is 4.07. The molecule has 1 aromatic carbocycles. The summed E-state index contributed by atoms with van der Waals surface area (Å²) in [6.45, 7) is 0. The van der Waals surface area contributed by atoms with Crippen molar-refractivity contribution in [2.24, 2.45) is 7.05 Å². The Hall–Kier alpha value is -2.89. The summed E-state index contributed by atoms with van der Waals surface area (Å²) in [7, 11) is 1.66. The van der Waals surface area contributed by atoms with E-state index in [0.717, 1.165) is 35.0 Å². The first kappa shape index (κ1) is 14.7. The Morgan fingerprint density at radius 2 is 2.25 bits per heavy atom. The van der Waals surface area contributed by atoms with Gasteiger partial charge in [0.2, 0.25) is 0 Å². The first-order chi connectivity index (χ1) is 11.6. The number of aryl methyl sites for hydroxylation is 2. The standard InChI is InChI=1S/C18H18N4O2/c1-22-17(23)10-11-9-12(5-6-15(11)21-22)20-18(24)14-3-2-4-16-13(14)7-8-19-16/h2-4,7-8,10,12,19H,5-6,9H2,1H3,(H,20,24). The zero-order valence-electron chi connectivity index (χ0n) is 13.4. The minimum Gasteiger partial charge on any atom is -0.361 e. The lowest BCUT2D eigenvalue weighted by molar-refractivity contribution is 0.0935. The molecule has 24 heavy (non-hydrogen) atoms. The van der Waals surface area contributed by atoms with Crippen LogP contribution in [0.25, 0.3) is 10.9 Å². The van der Waals surface area contributed by atoms with Crippen LogP contribution in [-0.2, 0) is 19.9 Å². The molecule has 0 radical (unpaired) electrons. The zero-order chi connectivity index (χ0) is 16.7. The second kappa shape index (κ2) is 5.63. The second-order valence-corrected chi connectivity index (χ2v) is 6.24. The number of nitrogens with zero attached hydrogens (tertiary/aromatic N) is 2. The van der Waals surface area contributed by atoms with Gasteiger partial charge in [0, 0.05) is 41.8 Å². The first-order valence-electron chi connectivity index (χ1n) is 8.05. The molecular formula is C18H18N4O2. The van der Waals surface area contributed by atoms with Crippen LogP contribution in [-0.4, -0.2) is 26.7 Å². The van der Waals surface area contributed by atoms with Gasteiger partial charge in [-0.1, -0.05) is 6.07 Å². The summed E-state index contributed by atoms with van der Waals surface area (Å²) >= 11 is 0. The Kier molecular flexibility index (Phi) is 3.45. The molecule has 1 aliphatic carbocycles. The summed E-state index contributed by atoms with van der Waals surface area (Å²) in [5.41, 5.74) is 3.40. The van der Waals surface area contributed by atoms with Crippen molar-refractivity contribution in [1.82, 2.24) is 20.1 Å². The minimum atomic E-state index is -0.113. The predicted octanol–water partition coefficient (Wildman–Crippen LogP) is 1.55. The van der Waals surface area contributed by atoms with E-state index in [1.54, 1.807) is 13.1 Å². The van der Waals surface area contributed by atoms with Crippen LogP contribution in [0.2, 0.25) is 0 Å². The highest BCUT2D eigenvalue weighted by molar-refractivity contribution is 6.06. The maximum absolute atomic E-state index is 12.7. The average molecular weight is 322 g/mol. The van der Waals surface area contributed by atoms with Crippen molar-refractivity contribution in [2.45, 2.75) is 25.3 Å². The SMILES string of the molecule is Cn1nc2c(cc1=O)CC(NC(=O)c1cccc3[nH]ccc13)CC2. The van der Waals surface area contributed by atoms with E-state index in [0.29, 0.717) is 12.0 Å². The smallest absolute Gasteiger partial charge is 0.266 e. The van der Waals surface area contributed by atoms with Gasteiger partial charge in [-0.3, -0.25) is 9.59 Å². The maximum Gasteiger partial charge on any atom is 0.266 e. The fourth-order valence-electron chi connectivity index (χ4n) is 3.36. The molecule has 1 atom stereocenters. The molecule has 3 aromatic rings. The molecule has 0 spiro atoms. The highest BCUT2D eigenvalue weighted by Gasteiger charge is 2.23. The van der Waals surface area contributed by atoms with Crippen LogP contribution in [0.3, 0.4) is 0 Å². The van der Waals surface area contributed by atoms with Crippen molar-refractivity contribution in [1.29, 1.82) is 0 Å². The van der Waals surface area contributed by atoms with Crippen molar-refractivity contribution in [3.8, 4) is 0 Å². The molecule has 2 N–H and O–H groups in total. The first-order valence-corrected chi connectivity index (χ1v) is 8.05. The lowest BCUT2D eigenvalue weighted by atomic mass is 9.92. The Labute approximate surface area is 138 Å². The fourth-order valence-corrected chi connectivity index (χ4v) is 3.36. The largest absolute Gasteiger partial charge is 0.361 e. The van der Waals surface area contributed by atoms with E-state index >= 15 is 0 Å². The molecule has 6 heteroatoms. The molecule has 4 rings (SSSR count). The van der Waals surface area contributed by atoms with Crippen molar-refractivity contribution in [3.63, 3.8) is 0 Å². The summed E-state index contributed by atoms with van der Waals surface area (Å²) in [5, 5.41) is 8.33. The molecular weight excluding hydrogens is 304 g/mol. The van der Waals surface area contributed by atoms with E-state index < -0.39 is 0 Å². The van der Waals surface area contributed by atoms with E-state index in [4.69, 9.17) is 0 Å². The monoisotopic (exact) mass is 322 g/mol. The molecule has 122 valence electrons. The Morgan fingerprint density at radius 3 is 3.12 bits per heavy atom. The molecule has 0 aliphatic heterocycles. The van der Waals surface area contributed by atoms with Crippen molar-refractivity contribution in [3.05, 3.63) is 63.7 Å². The zero-order valence-corrected chi connectivity index (χ0v) is 13.4. The number of carbonyl (C=O) groups is 1. The number of aromatic nitrogens is 3. The van der Waals surface area contributed by atoms with Gasteiger partial charge >= 0.3 is 0 Å². The van der Waals surface area contributed by atoms with Crippen LogP contribution < -0.4 is 10.9 Å². The molecule has 6 nitrogen and oxygen atoms in total. The molecule has 2 heterocycles. The highest BCUT2D eigenvalue weighted by atomic mass is 16.1. The van der Waals surface area contributed by atoms with Gasteiger partial charge in [0.15, 0.2) is 0 Å². The number of fused-ring (bicyclic) bond motifs is 2. The molecule has 0 fully saturated rings. The van der Waals surface area contributed by atoms with E-state index in [2.05, 4.69) is 15.4 Å². The van der Waals surface area contributed by atoms with Crippen LogP contribution in [0.5, 0.6) is 0 Å². The Morgan fingerprint density at radius 1 is 1.38 bits per heavy atom. The number of benzene rings is 1. The van der Waals surface area contributed by atoms with Crippen molar-refractivity contribution < 1.29 is 4.79 Å². The Bertz CT molecular complexity index is 986. The molecule has 1 amide bonds. The number of hydrogen-bond donors (Lipinski definition) is 2. The van der Waals surface area contributed by atoms with Gasteiger partial charge in [0.25, 0.3) is 11.5 Å². The molecule has 1 aliphatic rings.